The molecule has 4 saturated carbocycles. The smallest absolute Gasteiger partial charge is 0.355 e. The van der Waals surface area contributed by atoms with Gasteiger partial charge in [-0.1, -0.05) is 30.3 Å². The monoisotopic (exact) mass is 604 g/mol. The third kappa shape index (κ3) is 5.20. The van der Waals surface area contributed by atoms with Crippen LogP contribution in [0.3, 0.4) is 0 Å². The van der Waals surface area contributed by atoms with Crippen molar-refractivity contribution in [1.29, 1.82) is 0 Å². The number of hydrogen-bond donors (Lipinski definition) is 2. The Hall–Kier alpha value is -4.79. The van der Waals surface area contributed by atoms with Gasteiger partial charge in [-0.25, -0.2) is 9.78 Å². The average Bonchev–Trinajstić information content (AvgIpc) is 3.03. The minimum Gasteiger partial charge on any atom is -0.464 e. The first-order chi connectivity index (χ1) is 21.7. The summed E-state index contributed by atoms with van der Waals surface area (Å²) in [5.41, 5.74) is 2.40. The molecule has 2 aromatic heterocycles. The molecule has 0 unspecified atom stereocenters. The fourth-order valence-corrected chi connectivity index (χ4v) is 8.57. The molecule has 4 aliphatic carbocycles. The van der Waals surface area contributed by atoms with E-state index in [0.717, 1.165) is 37.7 Å². The van der Waals surface area contributed by atoms with Crippen molar-refractivity contribution in [1.82, 2.24) is 20.2 Å². The predicted molar refractivity (Wildman–Crippen MR) is 169 cm³/mol. The molecular weight excluding hydrogens is 568 g/mol. The zero-order chi connectivity index (χ0) is 31.3. The van der Waals surface area contributed by atoms with E-state index in [1.807, 2.05) is 42.5 Å². The van der Waals surface area contributed by atoms with Gasteiger partial charge in [0.05, 0.1) is 12.5 Å². The highest BCUT2D eigenvalue weighted by Crippen LogP contribution is 2.55. The average molecular weight is 605 g/mol. The van der Waals surface area contributed by atoms with E-state index in [2.05, 4.69) is 15.6 Å². The van der Waals surface area contributed by atoms with Crippen molar-refractivity contribution in [2.24, 2.45) is 17.8 Å². The number of ether oxygens (including phenoxy) is 1. The molecule has 0 radical (unpaired) electrons. The number of fused-ring (bicyclic) bond motifs is 1. The molecule has 2 amide bonds. The quantitative estimate of drug-likeness (QED) is 0.298. The molecule has 8 rings (SSSR count). The Morgan fingerprint density at radius 3 is 2.33 bits per heavy atom. The van der Waals surface area contributed by atoms with Crippen LogP contribution in [0, 0.1) is 17.8 Å². The SMILES string of the molecule is COC(=O)c1c(Cc2ccc(C(=O)N[C@@H]3[C@@H]4C[C@@H]5C[C@H]3C[C@](NC(C)=O)(C5)C4)cc2)c(=O)c2cccnc2n1-c1ccccc1. The zero-order valence-electron chi connectivity index (χ0n) is 25.4. The van der Waals surface area contributed by atoms with E-state index in [1.165, 1.54) is 7.11 Å². The Kier molecular flexibility index (Phi) is 7.26. The summed E-state index contributed by atoms with van der Waals surface area (Å²) in [6.45, 7) is 1.59. The number of esters is 1. The molecule has 2 heterocycles. The second kappa shape index (κ2) is 11.3. The van der Waals surface area contributed by atoms with E-state index in [1.54, 1.807) is 42.0 Å². The van der Waals surface area contributed by atoms with Crippen molar-refractivity contribution >= 4 is 28.8 Å². The van der Waals surface area contributed by atoms with Gasteiger partial charge in [-0.15, -0.1) is 0 Å². The minimum atomic E-state index is -0.634. The Morgan fingerprint density at radius 1 is 0.956 bits per heavy atom. The highest BCUT2D eigenvalue weighted by Gasteiger charge is 2.56. The van der Waals surface area contributed by atoms with Crippen LogP contribution in [0.4, 0.5) is 0 Å². The Balaban J connectivity index is 1.16. The summed E-state index contributed by atoms with van der Waals surface area (Å²) in [4.78, 5) is 56.9. The van der Waals surface area contributed by atoms with Gasteiger partial charge in [0.15, 0.2) is 5.43 Å². The number of methoxy groups -OCH3 is 1. The number of carbonyl (C=O) groups is 3. The summed E-state index contributed by atoms with van der Waals surface area (Å²) >= 11 is 0. The summed E-state index contributed by atoms with van der Waals surface area (Å²) in [6, 6.07) is 20.0. The van der Waals surface area contributed by atoms with Crippen LogP contribution >= 0.6 is 0 Å². The number of amides is 2. The normalized spacial score (nSPS) is 24.8. The maximum absolute atomic E-state index is 13.8. The summed E-state index contributed by atoms with van der Waals surface area (Å²) in [5, 5.41) is 6.98. The lowest BCUT2D eigenvalue weighted by Gasteiger charge is -2.60. The van der Waals surface area contributed by atoms with Crippen LogP contribution in [0.15, 0.2) is 77.7 Å². The second-order valence-electron chi connectivity index (χ2n) is 13.0. The molecule has 4 aromatic rings. The standard InChI is InChI=1S/C36H36N4O5/c1-21(41)39-36-18-23-15-25(19-36)30(26(16-23)20-36)38-34(43)24-12-10-22(11-13-24)17-29-31(35(44)45-2)40(27-7-4-3-5-8-27)33-28(32(29)42)9-6-14-37-33/h3-14,23,25-26,30H,15-20H2,1-2H3,(H,38,43)(H,39,41)/t23-,25-,26+,30-,36+. The summed E-state index contributed by atoms with van der Waals surface area (Å²) in [7, 11) is 1.30. The number of carbonyl (C=O) groups excluding carboxylic acids is 3. The van der Waals surface area contributed by atoms with Gasteiger partial charge in [-0.2, -0.15) is 0 Å². The zero-order valence-corrected chi connectivity index (χ0v) is 25.4. The maximum atomic E-state index is 13.8. The van der Waals surface area contributed by atoms with Gasteiger partial charge in [0.1, 0.15) is 11.3 Å². The maximum Gasteiger partial charge on any atom is 0.355 e. The van der Waals surface area contributed by atoms with Gasteiger partial charge >= 0.3 is 5.97 Å². The van der Waals surface area contributed by atoms with Crippen LogP contribution in [0.1, 0.15) is 71.0 Å². The molecule has 0 aliphatic heterocycles. The van der Waals surface area contributed by atoms with Crippen molar-refractivity contribution in [3.63, 3.8) is 0 Å². The molecule has 45 heavy (non-hydrogen) atoms. The van der Waals surface area contributed by atoms with Crippen LogP contribution in [0.25, 0.3) is 16.7 Å². The number of pyridine rings is 2. The van der Waals surface area contributed by atoms with Gasteiger partial charge in [0.2, 0.25) is 5.91 Å². The van der Waals surface area contributed by atoms with Crippen molar-refractivity contribution in [2.45, 2.75) is 57.0 Å². The van der Waals surface area contributed by atoms with Crippen LogP contribution in [-0.4, -0.2) is 46.0 Å². The molecule has 9 heteroatoms. The predicted octanol–water partition coefficient (Wildman–Crippen LogP) is 4.58. The van der Waals surface area contributed by atoms with E-state index < -0.39 is 5.97 Å². The lowest BCUT2D eigenvalue weighted by molar-refractivity contribution is -0.125. The molecule has 4 fully saturated rings. The number of benzene rings is 2. The molecule has 9 nitrogen and oxygen atoms in total. The van der Waals surface area contributed by atoms with Crippen LogP contribution < -0.4 is 16.1 Å². The molecule has 230 valence electrons. The number of hydrogen-bond acceptors (Lipinski definition) is 6. The van der Waals surface area contributed by atoms with E-state index in [4.69, 9.17) is 4.74 Å². The van der Waals surface area contributed by atoms with E-state index in [9.17, 15) is 19.2 Å². The van der Waals surface area contributed by atoms with Crippen molar-refractivity contribution in [3.05, 3.63) is 106 Å². The number of aromatic nitrogens is 2. The molecule has 0 spiro atoms. The third-order valence-electron chi connectivity index (χ3n) is 10.0. The Morgan fingerprint density at radius 2 is 1.67 bits per heavy atom. The fourth-order valence-electron chi connectivity index (χ4n) is 8.57. The minimum absolute atomic E-state index is 0.0238. The molecule has 0 saturated heterocycles. The van der Waals surface area contributed by atoms with E-state index in [0.29, 0.717) is 45.6 Å². The molecule has 2 N–H and O–H groups in total. The summed E-state index contributed by atoms with van der Waals surface area (Å²) in [5.74, 6) is 0.593. The summed E-state index contributed by atoms with van der Waals surface area (Å²) in [6.07, 6.45) is 6.81. The Bertz CT molecular complexity index is 1850. The van der Waals surface area contributed by atoms with Crippen molar-refractivity contribution < 1.29 is 19.1 Å². The first kappa shape index (κ1) is 29.0. The molecule has 5 atom stereocenters. The topological polar surface area (TPSA) is 119 Å². The third-order valence-corrected chi connectivity index (χ3v) is 10.0. The van der Waals surface area contributed by atoms with Crippen LogP contribution in [0.2, 0.25) is 0 Å². The first-order valence-corrected chi connectivity index (χ1v) is 15.6. The second-order valence-corrected chi connectivity index (χ2v) is 13.0. The van der Waals surface area contributed by atoms with Gasteiger partial charge < -0.3 is 15.4 Å². The number of nitrogens with zero attached hydrogens (tertiary/aromatic N) is 2. The van der Waals surface area contributed by atoms with E-state index in [-0.39, 0.29) is 40.9 Å². The molecule has 4 bridgehead atoms. The van der Waals surface area contributed by atoms with Gasteiger partial charge in [0.25, 0.3) is 5.91 Å². The van der Waals surface area contributed by atoms with Crippen molar-refractivity contribution in [2.75, 3.05) is 7.11 Å². The number of rotatable bonds is 7. The number of para-hydroxylation sites is 1. The molecular formula is C36H36N4O5. The Labute approximate surface area is 261 Å². The van der Waals surface area contributed by atoms with Crippen molar-refractivity contribution in [3.8, 4) is 5.69 Å². The van der Waals surface area contributed by atoms with Crippen LogP contribution in [-0.2, 0) is 16.0 Å². The highest BCUT2D eigenvalue weighted by atomic mass is 16.5. The fraction of sp³-hybridized carbons (Fsp3) is 0.361. The lowest BCUT2D eigenvalue weighted by Crippen LogP contribution is -2.66. The van der Waals surface area contributed by atoms with Gasteiger partial charge in [-0.05, 0) is 91.8 Å². The highest BCUT2D eigenvalue weighted by molar-refractivity contribution is 5.95. The lowest BCUT2D eigenvalue weighted by atomic mass is 9.51. The van der Waals surface area contributed by atoms with Crippen LogP contribution in [0.5, 0.6) is 0 Å². The van der Waals surface area contributed by atoms with Gasteiger partial charge in [-0.3, -0.25) is 19.0 Å². The molecule has 4 aliphatic rings. The van der Waals surface area contributed by atoms with Gasteiger partial charge in [0, 0.05) is 47.9 Å². The number of nitrogens with one attached hydrogen (secondary N) is 2. The van der Waals surface area contributed by atoms with E-state index >= 15 is 0 Å². The molecule has 2 aromatic carbocycles. The summed E-state index contributed by atoms with van der Waals surface area (Å²) < 4.78 is 6.85. The largest absolute Gasteiger partial charge is 0.464 e. The first-order valence-electron chi connectivity index (χ1n) is 15.6.